The van der Waals surface area contributed by atoms with Gasteiger partial charge < -0.3 is 10.4 Å². The SMILES string of the molecule is CCCCCN(CCO)CC(=O)NC(=O)NCCC. The van der Waals surface area contributed by atoms with Crippen molar-refractivity contribution in [3.63, 3.8) is 0 Å². The van der Waals surface area contributed by atoms with Crippen LogP contribution in [0.15, 0.2) is 0 Å². The highest BCUT2D eigenvalue weighted by molar-refractivity contribution is 5.95. The third-order valence-electron chi connectivity index (χ3n) is 2.65. The van der Waals surface area contributed by atoms with Crippen molar-refractivity contribution in [2.24, 2.45) is 0 Å². The Kier molecular flexibility index (Phi) is 11.2. The maximum absolute atomic E-state index is 11.6. The Hall–Kier alpha value is -1.14. The number of hydrogen-bond acceptors (Lipinski definition) is 4. The molecule has 0 aromatic rings. The van der Waals surface area contributed by atoms with Crippen LogP contribution in [0.2, 0.25) is 0 Å². The fourth-order valence-corrected chi connectivity index (χ4v) is 1.65. The lowest BCUT2D eigenvalue weighted by atomic mass is 10.2. The number of imide groups is 1. The van der Waals surface area contributed by atoms with Crippen molar-refractivity contribution in [1.29, 1.82) is 0 Å². The lowest BCUT2D eigenvalue weighted by Gasteiger charge is -2.20. The number of rotatable bonds is 10. The van der Waals surface area contributed by atoms with Gasteiger partial charge in [0.1, 0.15) is 0 Å². The van der Waals surface area contributed by atoms with Crippen LogP contribution in [0.5, 0.6) is 0 Å². The van der Waals surface area contributed by atoms with E-state index in [1.165, 1.54) is 0 Å². The normalized spacial score (nSPS) is 10.5. The fourth-order valence-electron chi connectivity index (χ4n) is 1.65. The summed E-state index contributed by atoms with van der Waals surface area (Å²) in [6.45, 7) is 5.98. The van der Waals surface area contributed by atoms with Gasteiger partial charge in [0.05, 0.1) is 13.2 Å². The average molecular weight is 273 g/mol. The number of carbonyl (C=O) groups excluding carboxylic acids is 2. The summed E-state index contributed by atoms with van der Waals surface area (Å²) < 4.78 is 0. The minimum atomic E-state index is -0.454. The monoisotopic (exact) mass is 273 g/mol. The van der Waals surface area contributed by atoms with Crippen molar-refractivity contribution in [3.8, 4) is 0 Å². The molecule has 0 unspecified atom stereocenters. The van der Waals surface area contributed by atoms with Gasteiger partial charge in [-0.05, 0) is 19.4 Å². The van der Waals surface area contributed by atoms with Crippen LogP contribution in [-0.2, 0) is 4.79 Å². The number of urea groups is 1. The van der Waals surface area contributed by atoms with Gasteiger partial charge in [0.15, 0.2) is 0 Å². The lowest BCUT2D eigenvalue weighted by Crippen LogP contribution is -2.45. The van der Waals surface area contributed by atoms with Crippen LogP contribution in [0, 0.1) is 0 Å². The zero-order chi connectivity index (χ0) is 14.5. The van der Waals surface area contributed by atoms with Crippen LogP contribution >= 0.6 is 0 Å². The molecule has 0 spiro atoms. The molecule has 19 heavy (non-hydrogen) atoms. The highest BCUT2D eigenvalue weighted by Crippen LogP contribution is 1.98. The summed E-state index contributed by atoms with van der Waals surface area (Å²) in [5.74, 6) is -0.335. The lowest BCUT2D eigenvalue weighted by molar-refractivity contribution is -0.121. The second-order valence-electron chi connectivity index (χ2n) is 4.51. The van der Waals surface area contributed by atoms with Crippen molar-refractivity contribution in [2.45, 2.75) is 39.5 Å². The van der Waals surface area contributed by atoms with Crippen LogP contribution in [0.3, 0.4) is 0 Å². The first-order valence-electron chi connectivity index (χ1n) is 7.04. The molecule has 0 aromatic heterocycles. The minimum Gasteiger partial charge on any atom is -0.395 e. The van der Waals surface area contributed by atoms with Crippen molar-refractivity contribution in [2.75, 3.05) is 32.8 Å². The van der Waals surface area contributed by atoms with Gasteiger partial charge in [-0.25, -0.2) is 4.79 Å². The van der Waals surface area contributed by atoms with Gasteiger partial charge in [-0.15, -0.1) is 0 Å². The Labute approximate surface area is 115 Å². The topological polar surface area (TPSA) is 81.7 Å². The fraction of sp³-hybridized carbons (Fsp3) is 0.846. The second kappa shape index (κ2) is 11.9. The minimum absolute atomic E-state index is 0.0153. The van der Waals surface area contributed by atoms with Gasteiger partial charge in [-0.2, -0.15) is 0 Å². The molecule has 3 amide bonds. The van der Waals surface area contributed by atoms with Crippen molar-refractivity contribution in [1.82, 2.24) is 15.5 Å². The number of unbranched alkanes of at least 4 members (excludes halogenated alkanes) is 2. The Balaban J connectivity index is 3.97. The van der Waals surface area contributed by atoms with Crippen molar-refractivity contribution >= 4 is 11.9 Å². The molecule has 3 N–H and O–H groups in total. The summed E-state index contributed by atoms with van der Waals surface area (Å²) in [7, 11) is 0. The number of nitrogens with zero attached hydrogens (tertiary/aromatic N) is 1. The first-order valence-corrected chi connectivity index (χ1v) is 7.04. The molecule has 0 atom stereocenters. The molecule has 0 fully saturated rings. The molecule has 0 aliphatic rings. The van der Waals surface area contributed by atoms with E-state index in [1.807, 2.05) is 11.8 Å². The van der Waals surface area contributed by atoms with Crippen molar-refractivity contribution < 1.29 is 14.7 Å². The molecule has 6 heteroatoms. The van der Waals surface area contributed by atoms with E-state index in [-0.39, 0.29) is 19.1 Å². The number of nitrogens with one attached hydrogen (secondary N) is 2. The molecular formula is C13H27N3O3. The third-order valence-corrected chi connectivity index (χ3v) is 2.65. The van der Waals surface area contributed by atoms with Crippen LogP contribution < -0.4 is 10.6 Å². The highest BCUT2D eigenvalue weighted by atomic mass is 16.3. The molecule has 0 saturated carbocycles. The predicted molar refractivity (Wildman–Crippen MR) is 74.9 cm³/mol. The zero-order valence-corrected chi connectivity index (χ0v) is 12.1. The van der Waals surface area contributed by atoms with Crippen LogP contribution in [0.25, 0.3) is 0 Å². The van der Waals surface area contributed by atoms with Gasteiger partial charge in [0, 0.05) is 13.1 Å². The zero-order valence-electron chi connectivity index (χ0n) is 12.1. The molecule has 0 aliphatic carbocycles. The first kappa shape index (κ1) is 17.9. The van der Waals surface area contributed by atoms with Gasteiger partial charge in [0.25, 0.3) is 0 Å². The summed E-state index contributed by atoms with van der Waals surface area (Å²) in [6.07, 6.45) is 4.03. The van der Waals surface area contributed by atoms with Gasteiger partial charge >= 0.3 is 6.03 Å². The van der Waals surface area contributed by atoms with Gasteiger partial charge in [-0.3, -0.25) is 15.0 Å². The van der Waals surface area contributed by atoms with Crippen molar-refractivity contribution in [3.05, 3.63) is 0 Å². The molecule has 6 nitrogen and oxygen atoms in total. The summed E-state index contributed by atoms with van der Waals surface area (Å²) >= 11 is 0. The predicted octanol–water partition coefficient (Wildman–Crippen LogP) is 0.707. The largest absolute Gasteiger partial charge is 0.395 e. The summed E-state index contributed by atoms with van der Waals surface area (Å²) in [5.41, 5.74) is 0. The van der Waals surface area contributed by atoms with E-state index in [1.54, 1.807) is 0 Å². The maximum atomic E-state index is 11.6. The van der Waals surface area contributed by atoms with Gasteiger partial charge in [-0.1, -0.05) is 26.7 Å². The van der Waals surface area contributed by atoms with E-state index in [0.717, 1.165) is 32.2 Å². The average Bonchev–Trinajstić information content (AvgIpc) is 2.36. The summed E-state index contributed by atoms with van der Waals surface area (Å²) in [6, 6.07) is -0.454. The van der Waals surface area contributed by atoms with Crippen LogP contribution in [0.1, 0.15) is 39.5 Å². The Morgan fingerprint density at radius 1 is 1.11 bits per heavy atom. The molecule has 0 heterocycles. The van der Waals surface area contributed by atoms with Crippen LogP contribution in [0.4, 0.5) is 4.79 Å². The van der Waals surface area contributed by atoms with Crippen LogP contribution in [-0.4, -0.2) is 54.7 Å². The number of hydrogen-bond donors (Lipinski definition) is 3. The van der Waals surface area contributed by atoms with Gasteiger partial charge in [0.2, 0.25) is 5.91 Å². The molecule has 0 aliphatic heterocycles. The van der Waals surface area contributed by atoms with E-state index >= 15 is 0 Å². The standard InChI is InChI=1S/C13H27N3O3/c1-3-5-6-8-16(9-10-17)11-12(18)15-13(19)14-7-4-2/h17H,3-11H2,1-2H3,(H2,14,15,18,19). The Bertz CT molecular complexity index is 260. The van der Waals surface area contributed by atoms with E-state index in [0.29, 0.717) is 13.1 Å². The van der Waals surface area contributed by atoms with E-state index in [2.05, 4.69) is 17.6 Å². The number of amides is 3. The molecule has 112 valence electrons. The highest BCUT2D eigenvalue weighted by Gasteiger charge is 2.12. The Morgan fingerprint density at radius 2 is 1.84 bits per heavy atom. The quantitative estimate of drug-likeness (QED) is 0.512. The first-order chi connectivity index (χ1) is 9.13. The third kappa shape index (κ3) is 10.5. The van der Waals surface area contributed by atoms with E-state index < -0.39 is 6.03 Å². The number of aliphatic hydroxyl groups is 1. The molecule has 0 rings (SSSR count). The molecule has 0 radical (unpaired) electrons. The summed E-state index contributed by atoms with van der Waals surface area (Å²) in [4.78, 5) is 24.8. The van der Waals surface area contributed by atoms with E-state index in [9.17, 15) is 9.59 Å². The van der Waals surface area contributed by atoms with E-state index in [4.69, 9.17) is 5.11 Å². The molecule has 0 bridgehead atoms. The second-order valence-corrected chi connectivity index (χ2v) is 4.51. The Morgan fingerprint density at radius 3 is 2.42 bits per heavy atom. The summed E-state index contributed by atoms with van der Waals surface area (Å²) in [5, 5.41) is 13.8. The smallest absolute Gasteiger partial charge is 0.321 e. The number of aliphatic hydroxyl groups excluding tert-OH is 1. The molecule has 0 saturated heterocycles. The number of carbonyl (C=O) groups is 2. The molecule has 0 aromatic carbocycles. The molecular weight excluding hydrogens is 246 g/mol. The maximum Gasteiger partial charge on any atom is 0.321 e.